The first-order valence-electron chi connectivity index (χ1n) is 8.64. The van der Waals surface area contributed by atoms with Crippen LogP contribution in [0.4, 0.5) is 10.2 Å². The monoisotopic (exact) mass is 359 g/mol. The van der Waals surface area contributed by atoms with Crippen molar-refractivity contribution in [1.29, 1.82) is 0 Å². The van der Waals surface area contributed by atoms with Crippen LogP contribution in [0.2, 0.25) is 0 Å². The summed E-state index contributed by atoms with van der Waals surface area (Å²) >= 11 is 0. The summed E-state index contributed by atoms with van der Waals surface area (Å²) in [5, 5.41) is 2.57. The third-order valence-corrected chi connectivity index (χ3v) is 5.00. The fraction of sp³-hybridized carbons (Fsp3) is 0.421. The minimum Gasteiger partial charge on any atom is -0.351 e. The molecule has 6 nitrogen and oxygen atoms in total. The summed E-state index contributed by atoms with van der Waals surface area (Å²) in [6.45, 7) is 5.14. The number of hydrogen-bond donors (Lipinski definition) is 1. The average molecular weight is 359 g/mol. The Kier molecular flexibility index (Phi) is 4.91. The third kappa shape index (κ3) is 3.26. The van der Waals surface area contributed by atoms with E-state index >= 15 is 4.39 Å². The van der Waals surface area contributed by atoms with Gasteiger partial charge in [0.15, 0.2) is 11.9 Å². The van der Waals surface area contributed by atoms with Crippen molar-refractivity contribution < 1.29 is 13.9 Å². The van der Waals surface area contributed by atoms with Crippen LogP contribution in [-0.4, -0.2) is 27.2 Å². The molecule has 2 aromatic rings. The number of halogens is 1. The first-order chi connectivity index (χ1) is 12.3. The molecule has 2 heterocycles. The van der Waals surface area contributed by atoms with Crippen LogP contribution >= 0.6 is 0 Å². The number of nitrogens with zero attached hydrogens (tertiary/aromatic N) is 2. The molecular weight excluding hydrogens is 337 g/mol. The van der Waals surface area contributed by atoms with Gasteiger partial charge in [-0.05, 0) is 31.5 Å². The summed E-state index contributed by atoms with van der Waals surface area (Å²) in [5.41, 5.74) is -1.91. The molecular formula is C19H22FN3O3. The molecule has 7 heteroatoms. The molecule has 1 amide bonds. The van der Waals surface area contributed by atoms with Crippen molar-refractivity contribution in [3.63, 3.8) is 0 Å². The predicted molar refractivity (Wildman–Crippen MR) is 95.8 cm³/mol. The van der Waals surface area contributed by atoms with Crippen LogP contribution in [0.15, 0.2) is 47.4 Å². The van der Waals surface area contributed by atoms with Gasteiger partial charge < -0.3 is 10.1 Å². The van der Waals surface area contributed by atoms with Crippen molar-refractivity contribution in [3.05, 3.63) is 58.6 Å². The maximum absolute atomic E-state index is 15.1. The van der Waals surface area contributed by atoms with Gasteiger partial charge in [-0.2, -0.15) is 4.98 Å². The fourth-order valence-electron chi connectivity index (χ4n) is 3.23. The lowest BCUT2D eigenvalue weighted by Crippen LogP contribution is -2.38. The number of rotatable bonds is 4. The number of carbonyl (C=O) groups is 1. The normalized spacial score (nSPS) is 28.1. The Hall–Kier alpha value is -2.54. The molecule has 1 aromatic heterocycles. The van der Waals surface area contributed by atoms with E-state index in [4.69, 9.17) is 4.74 Å². The lowest BCUT2D eigenvalue weighted by molar-refractivity contribution is -0.0500. The molecule has 1 aromatic carbocycles. The molecule has 0 bridgehead atoms. The highest BCUT2D eigenvalue weighted by atomic mass is 19.1. The van der Waals surface area contributed by atoms with E-state index in [9.17, 15) is 9.59 Å². The van der Waals surface area contributed by atoms with E-state index in [0.29, 0.717) is 12.0 Å². The van der Waals surface area contributed by atoms with Crippen LogP contribution in [0, 0.1) is 5.92 Å². The van der Waals surface area contributed by atoms with E-state index in [2.05, 4.69) is 10.3 Å². The van der Waals surface area contributed by atoms with Gasteiger partial charge in [0.25, 0.3) is 5.91 Å². The first-order valence-corrected chi connectivity index (χ1v) is 8.64. The summed E-state index contributed by atoms with van der Waals surface area (Å²) in [6.07, 6.45) is 0.758. The van der Waals surface area contributed by atoms with E-state index in [1.54, 1.807) is 37.3 Å². The molecule has 1 N–H and O–H groups in total. The van der Waals surface area contributed by atoms with E-state index in [1.807, 2.05) is 6.92 Å². The Morgan fingerprint density at radius 1 is 1.35 bits per heavy atom. The Morgan fingerprint density at radius 2 is 2.04 bits per heavy atom. The topological polar surface area (TPSA) is 73.2 Å². The molecule has 0 saturated carbocycles. The molecule has 0 aliphatic carbocycles. The van der Waals surface area contributed by atoms with Gasteiger partial charge in [-0.3, -0.25) is 9.36 Å². The van der Waals surface area contributed by atoms with Gasteiger partial charge >= 0.3 is 5.69 Å². The van der Waals surface area contributed by atoms with Gasteiger partial charge in [0.1, 0.15) is 5.82 Å². The highest BCUT2D eigenvalue weighted by Gasteiger charge is 2.52. The minimum atomic E-state index is -1.69. The molecule has 26 heavy (non-hydrogen) atoms. The van der Waals surface area contributed by atoms with Gasteiger partial charge in [-0.1, -0.05) is 32.0 Å². The molecule has 3 rings (SSSR count). The van der Waals surface area contributed by atoms with Gasteiger partial charge in [0.05, 0.1) is 6.10 Å². The van der Waals surface area contributed by atoms with Gasteiger partial charge in [0.2, 0.25) is 0 Å². The maximum Gasteiger partial charge on any atom is 0.351 e. The molecule has 1 aliphatic rings. The van der Waals surface area contributed by atoms with Crippen LogP contribution in [0.25, 0.3) is 0 Å². The largest absolute Gasteiger partial charge is 0.351 e. The van der Waals surface area contributed by atoms with Crippen LogP contribution in [0.3, 0.4) is 0 Å². The summed E-state index contributed by atoms with van der Waals surface area (Å²) < 4.78 is 22.0. The summed E-state index contributed by atoms with van der Waals surface area (Å²) in [6, 6.07) is 10.1. The fourth-order valence-corrected chi connectivity index (χ4v) is 3.23. The summed E-state index contributed by atoms with van der Waals surface area (Å²) in [5.74, 6) is -0.608. The van der Waals surface area contributed by atoms with E-state index in [-0.39, 0.29) is 23.7 Å². The SMILES string of the molecule is CC[C@H]1O[C@@H](n2ccc(NC(=O)c3ccccc3)nc2=O)[C@](C)(F)C1C. The zero-order valence-electron chi connectivity index (χ0n) is 15.0. The third-order valence-electron chi connectivity index (χ3n) is 5.00. The lowest BCUT2D eigenvalue weighted by Gasteiger charge is -2.25. The summed E-state index contributed by atoms with van der Waals surface area (Å²) in [7, 11) is 0. The number of hydrogen-bond acceptors (Lipinski definition) is 4. The van der Waals surface area contributed by atoms with Crippen molar-refractivity contribution in [2.45, 2.75) is 45.2 Å². The molecule has 1 unspecified atom stereocenters. The molecule has 0 spiro atoms. The smallest absolute Gasteiger partial charge is 0.351 e. The number of amides is 1. The molecule has 1 aliphatic heterocycles. The predicted octanol–water partition coefficient (Wildman–Crippen LogP) is 3.17. The zero-order chi connectivity index (χ0) is 18.9. The average Bonchev–Trinajstić information content (AvgIpc) is 2.85. The Morgan fingerprint density at radius 3 is 2.62 bits per heavy atom. The second-order valence-corrected chi connectivity index (χ2v) is 6.70. The van der Waals surface area contributed by atoms with Gasteiger partial charge in [0, 0.05) is 17.7 Å². The molecule has 1 saturated heterocycles. The standard InChI is InChI=1S/C19H22FN3O3/c1-4-14-12(2)19(3,20)17(26-14)23-11-10-15(22-18(23)25)21-16(24)13-8-6-5-7-9-13/h5-12,14,17H,4H2,1-3H3,(H,21,22,24,25)/t12?,14-,17-,19-/m1/s1. The second kappa shape index (κ2) is 6.99. The van der Waals surface area contributed by atoms with Crippen molar-refractivity contribution in [2.24, 2.45) is 5.92 Å². The number of benzene rings is 1. The number of nitrogens with one attached hydrogen (secondary N) is 1. The maximum atomic E-state index is 15.1. The molecule has 1 fully saturated rings. The van der Waals surface area contributed by atoms with Crippen molar-refractivity contribution >= 4 is 11.7 Å². The molecule has 0 radical (unpaired) electrons. The quantitative estimate of drug-likeness (QED) is 0.910. The van der Waals surface area contributed by atoms with E-state index < -0.39 is 17.6 Å². The number of anilines is 1. The van der Waals surface area contributed by atoms with Crippen LogP contribution in [0.1, 0.15) is 43.8 Å². The van der Waals surface area contributed by atoms with Crippen LogP contribution < -0.4 is 11.0 Å². The summed E-state index contributed by atoms with van der Waals surface area (Å²) in [4.78, 5) is 28.4. The highest BCUT2D eigenvalue weighted by molar-refractivity contribution is 6.03. The van der Waals surface area contributed by atoms with Crippen molar-refractivity contribution in [1.82, 2.24) is 9.55 Å². The van der Waals surface area contributed by atoms with E-state index in [0.717, 1.165) is 4.57 Å². The van der Waals surface area contributed by atoms with Gasteiger partial charge in [-0.25, -0.2) is 9.18 Å². The van der Waals surface area contributed by atoms with Crippen LogP contribution in [0.5, 0.6) is 0 Å². The van der Waals surface area contributed by atoms with Crippen molar-refractivity contribution in [3.8, 4) is 0 Å². The Bertz CT molecular complexity index is 851. The number of carbonyl (C=O) groups excluding carboxylic acids is 1. The number of aromatic nitrogens is 2. The molecule has 138 valence electrons. The van der Waals surface area contributed by atoms with Crippen molar-refractivity contribution in [2.75, 3.05) is 5.32 Å². The van der Waals surface area contributed by atoms with Gasteiger partial charge in [-0.15, -0.1) is 0 Å². The zero-order valence-corrected chi connectivity index (χ0v) is 15.0. The minimum absolute atomic E-state index is 0.110. The van der Waals surface area contributed by atoms with Crippen LogP contribution in [-0.2, 0) is 4.74 Å². The second-order valence-electron chi connectivity index (χ2n) is 6.70. The lowest BCUT2D eigenvalue weighted by atomic mass is 9.88. The number of alkyl halides is 1. The molecule has 4 atom stereocenters. The Balaban J connectivity index is 1.82. The Labute approximate surface area is 151 Å². The first kappa shape index (κ1) is 18.3. The number of ether oxygens (including phenoxy) is 1. The highest BCUT2D eigenvalue weighted by Crippen LogP contribution is 2.45. The van der Waals surface area contributed by atoms with E-state index in [1.165, 1.54) is 19.2 Å².